The largest absolute Gasteiger partial charge is 0.384 e. The second-order valence-electron chi connectivity index (χ2n) is 4.53. The summed E-state index contributed by atoms with van der Waals surface area (Å²) >= 11 is 0. The first-order valence-electron chi connectivity index (χ1n) is 5.39. The minimum atomic E-state index is -0.242. The van der Waals surface area contributed by atoms with Gasteiger partial charge in [-0.05, 0) is 20.8 Å². The van der Waals surface area contributed by atoms with E-state index in [-0.39, 0.29) is 5.60 Å². The Morgan fingerprint density at radius 1 is 1.56 bits per heavy atom. The molecule has 4 heteroatoms. The van der Waals surface area contributed by atoms with Gasteiger partial charge >= 0.3 is 0 Å². The molecule has 0 fully saturated rings. The first kappa shape index (κ1) is 12.8. The van der Waals surface area contributed by atoms with Crippen LogP contribution in [0, 0.1) is 6.92 Å². The van der Waals surface area contributed by atoms with E-state index < -0.39 is 0 Å². The lowest BCUT2D eigenvalue weighted by Gasteiger charge is -2.21. The molecular formula is C12H21N3O. The number of rotatable bonds is 5. The number of aromatic nitrogens is 2. The van der Waals surface area contributed by atoms with E-state index in [4.69, 9.17) is 10.5 Å². The molecule has 0 atom stereocenters. The molecule has 2 N–H and O–H groups in total. The van der Waals surface area contributed by atoms with Gasteiger partial charge in [0.05, 0.1) is 11.3 Å². The molecule has 4 nitrogen and oxygen atoms in total. The van der Waals surface area contributed by atoms with Crippen molar-refractivity contribution in [3.8, 4) is 0 Å². The van der Waals surface area contributed by atoms with Crippen molar-refractivity contribution in [2.75, 3.05) is 12.8 Å². The van der Waals surface area contributed by atoms with Crippen LogP contribution in [-0.2, 0) is 17.7 Å². The van der Waals surface area contributed by atoms with E-state index >= 15 is 0 Å². The van der Waals surface area contributed by atoms with Gasteiger partial charge in [-0.2, -0.15) is 0 Å². The van der Waals surface area contributed by atoms with Gasteiger partial charge in [0, 0.05) is 20.1 Å². The second kappa shape index (κ2) is 4.70. The zero-order valence-electron chi connectivity index (χ0n) is 10.6. The average molecular weight is 223 g/mol. The fourth-order valence-corrected chi connectivity index (χ4v) is 1.61. The van der Waals surface area contributed by atoms with Crippen molar-refractivity contribution < 1.29 is 4.74 Å². The molecule has 1 aromatic heterocycles. The molecule has 0 aromatic carbocycles. The number of nitrogens with zero attached hydrogens (tertiary/aromatic N) is 2. The summed E-state index contributed by atoms with van der Waals surface area (Å²) in [7, 11) is 1.70. The van der Waals surface area contributed by atoms with Crippen molar-refractivity contribution in [2.24, 2.45) is 0 Å². The maximum Gasteiger partial charge on any atom is 0.127 e. The number of allylic oxidation sites excluding steroid dienone is 1. The maximum absolute atomic E-state index is 6.05. The quantitative estimate of drug-likeness (QED) is 0.776. The van der Waals surface area contributed by atoms with Crippen LogP contribution in [0.4, 0.5) is 5.82 Å². The highest BCUT2D eigenvalue weighted by Gasteiger charge is 2.22. The van der Waals surface area contributed by atoms with Gasteiger partial charge in [0.1, 0.15) is 11.6 Å². The van der Waals surface area contributed by atoms with Crippen molar-refractivity contribution in [3.63, 3.8) is 0 Å². The summed E-state index contributed by atoms with van der Waals surface area (Å²) in [5.41, 5.74) is 6.70. The first-order chi connectivity index (χ1) is 7.41. The van der Waals surface area contributed by atoms with E-state index in [1.807, 2.05) is 31.4 Å². The lowest BCUT2D eigenvalue weighted by molar-refractivity contribution is 0.0226. The van der Waals surface area contributed by atoms with Gasteiger partial charge in [-0.15, -0.1) is 6.58 Å². The Morgan fingerprint density at radius 2 is 2.19 bits per heavy atom. The Kier molecular flexibility index (Phi) is 3.75. The number of hydrogen-bond donors (Lipinski definition) is 1. The van der Waals surface area contributed by atoms with Crippen LogP contribution < -0.4 is 5.73 Å². The van der Waals surface area contributed by atoms with Gasteiger partial charge in [0.2, 0.25) is 0 Å². The van der Waals surface area contributed by atoms with Crippen molar-refractivity contribution in [3.05, 3.63) is 24.2 Å². The SMILES string of the molecule is C=CCn1c(C)nc(CC(C)(C)OC)c1N. The summed E-state index contributed by atoms with van der Waals surface area (Å²) in [4.78, 5) is 4.47. The molecule has 0 saturated carbocycles. The summed E-state index contributed by atoms with van der Waals surface area (Å²) in [5, 5.41) is 0. The van der Waals surface area contributed by atoms with Gasteiger partial charge in [-0.25, -0.2) is 4.98 Å². The molecule has 0 aliphatic carbocycles. The molecule has 0 amide bonds. The molecule has 0 saturated heterocycles. The number of nitrogens with two attached hydrogens (primary N) is 1. The Balaban J connectivity index is 2.98. The minimum absolute atomic E-state index is 0.242. The van der Waals surface area contributed by atoms with E-state index in [0.717, 1.165) is 11.5 Å². The Hall–Kier alpha value is -1.29. The Bertz CT molecular complexity index is 380. The highest BCUT2D eigenvalue weighted by molar-refractivity contribution is 5.39. The zero-order valence-corrected chi connectivity index (χ0v) is 10.6. The summed E-state index contributed by atoms with van der Waals surface area (Å²) in [6.07, 6.45) is 2.52. The number of nitrogen functional groups attached to an aromatic ring is 1. The van der Waals surface area contributed by atoms with Crippen LogP contribution in [0.2, 0.25) is 0 Å². The minimum Gasteiger partial charge on any atom is -0.384 e. The fourth-order valence-electron chi connectivity index (χ4n) is 1.61. The van der Waals surface area contributed by atoms with Gasteiger partial charge in [-0.1, -0.05) is 6.08 Å². The predicted molar refractivity (Wildman–Crippen MR) is 66.4 cm³/mol. The lowest BCUT2D eigenvalue weighted by atomic mass is 10.0. The van der Waals surface area contributed by atoms with Crippen LogP contribution in [0.15, 0.2) is 12.7 Å². The van der Waals surface area contributed by atoms with Crippen LogP contribution in [0.5, 0.6) is 0 Å². The van der Waals surface area contributed by atoms with Crippen LogP contribution >= 0.6 is 0 Å². The van der Waals surface area contributed by atoms with Gasteiger partial charge in [0.25, 0.3) is 0 Å². The van der Waals surface area contributed by atoms with Gasteiger partial charge in [-0.3, -0.25) is 0 Å². The van der Waals surface area contributed by atoms with Crippen LogP contribution in [-0.4, -0.2) is 22.3 Å². The van der Waals surface area contributed by atoms with Gasteiger partial charge in [0.15, 0.2) is 0 Å². The smallest absolute Gasteiger partial charge is 0.127 e. The van der Waals surface area contributed by atoms with Crippen molar-refractivity contribution in [2.45, 2.75) is 39.3 Å². The number of aryl methyl sites for hydroxylation is 1. The number of ether oxygens (including phenoxy) is 1. The molecular weight excluding hydrogens is 202 g/mol. The Labute approximate surface area is 97.1 Å². The summed E-state index contributed by atoms with van der Waals surface area (Å²) < 4.78 is 7.33. The monoisotopic (exact) mass is 223 g/mol. The molecule has 0 aliphatic heterocycles. The van der Waals surface area contributed by atoms with Crippen molar-refractivity contribution >= 4 is 5.82 Å². The van der Waals surface area contributed by atoms with E-state index in [1.165, 1.54) is 0 Å². The first-order valence-corrected chi connectivity index (χ1v) is 5.39. The summed E-state index contributed by atoms with van der Waals surface area (Å²) in [6, 6.07) is 0. The molecule has 1 heterocycles. The molecule has 0 unspecified atom stereocenters. The van der Waals surface area contributed by atoms with Gasteiger partial charge < -0.3 is 15.0 Å². The third-order valence-corrected chi connectivity index (χ3v) is 2.73. The third kappa shape index (κ3) is 2.64. The molecule has 1 rings (SSSR count). The molecule has 16 heavy (non-hydrogen) atoms. The summed E-state index contributed by atoms with van der Waals surface area (Å²) in [5.74, 6) is 1.63. The predicted octanol–water partition coefficient (Wildman–Crippen LogP) is 1.93. The number of hydrogen-bond acceptors (Lipinski definition) is 3. The maximum atomic E-state index is 6.05. The molecule has 0 aliphatic rings. The molecule has 0 radical (unpaired) electrons. The third-order valence-electron chi connectivity index (χ3n) is 2.73. The highest BCUT2D eigenvalue weighted by Crippen LogP contribution is 2.21. The van der Waals surface area contributed by atoms with Crippen LogP contribution in [0.1, 0.15) is 25.4 Å². The van der Waals surface area contributed by atoms with Crippen LogP contribution in [0.25, 0.3) is 0 Å². The molecule has 1 aromatic rings. The molecule has 90 valence electrons. The van der Waals surface area contributed by atoms with Crippen molar-refractivity contribution in [1.29, 1.82) is 0 Å². The van der Waals surface area contributed by atoms with E-state index in [0.29, 0.717) is 18.8 Å². The standard InChI is InChI=1S/C12H21N3O/c1-6-7-15-9(2)14-10(11(15)13)8-12(3,4)16-5/h6H,1,7-8,13H2,2-5H3. The zero-order chi connectivity index (χ0) is 12.3. The normalized spacial score (nSPS) is 11.8. The van der Waals surface area contributed by atoms with E-state index in [1.54, 1.807) is 7.11 Å². The number of anilines is 1. The van der Waals surface area contributed by atoms with E-state index in [2.05, 4.69) is 11.6 Å². The highest BCUT2D eigenvalue weighted by atomic mass is 16.5. The number of methoxy groups -OCH3 is 1. The van der Waals surface area contributed by atoms with Crippen LogP contribution in [0.3, 0.4) is 0 Å². The molecule has 0 bridgehead atoms. The Morgan fingerprint density at radius 3 is 2.69 bits per heavy atom. The van der Waals surface area contributed by atoms with Crippen molar-refractivity contribution in [1.82, 2.24) is 9.55 Å². The summed E-state index contributed by atoms with van der Waals surface area (Å²) in [6.45, 7) is 10.4. The second-order valence-corrected chi connectivity index (χ2v) is 4.53. The number of imidazole rings is 1. The average Bonchev–Trinajstić information content (AvgIpc) is 2.46. The van der Waals surface area contributed by atoms with E-state index in [9.17, 15) is 0 Å². The lowest BCUT2D eigenvalue weighted by Crippen LogP contribution is -2.26. The topological polar surface area (TPSA) is 53.1 Å². The fraction of sp³-hybridized carbons (Fsp3) is 0.583. The molecule has 0 spiro atoms.